The molecule has 0 spiro atoms. The lowest BCUT2D eigenvalue weighted by Gasteiger charge is -2.33. The monoisotopic (exact) mass is 549 g/mol. The van der Waals surface area contributed by atoms with Crippen molar-refractivity contribution in [1.82, 2.24) is 10.2 Å². The molecule has 0 aromatic heterocycles. The third kappa shape index (κ3) is 7.47. The van der Waals surface area contributed by atoms with Gasteiger partial charge in [-0.3, -0.25) is 13.9 Å². The second kappa shape index (κ2) is 12.9. The summed E-state index contributed by atoms with van der Waals surface area (Å²) in [6, 6.07) is 20.4. The molecule has 0 unspecified atom stereocenters. The Hall–Kier alpha value is -3.65. The van der Waals surface area contributed by atoms with E-state index < -0.39 is 28.5 Å². The Morgan fingerprint density at radius 3 is 2.15 bits per heavy atom. The molecule has 0 heterocycles. The molecule has 3 aromatic rings. The van der Waals surface area contributed by atoms with Gasteiger partial charge in [0.25, 0.3) is 10.0 Å². The SMILES string of the molecule is CC[C@@H](C)NC(=O)[C@H](C)N(Cc1ccccc1C)C(=O)CN(c1cccc(C)c1)S(=O)(=O)c1ccc(C)cc1. The minimum absolute atomic E-state index is 0.0546. The van der Waals surface area contributed by atoms with Crippen LogP contribution in [0.15, 0.2) is 77.7 Å². The molecule has 0 saturated heterocycles. The van der Waals surface area contributed by atoms with E-state index in [0.717, 1.165) is 33.0 Å². The zero-order chi connectivity index (χ0) is 28.7. The van der Waals surface area contributed by atoms with Crippen LogP contribution in [0.4, 0.5) is 5.69 Å². The van der Waals surface area contributed by atoms with Crippen LogP contribution in [0.2, 0.25) is 0 Å². The standard InChI is InChI=1S/C31H39N3O4S/c1-7-25(5)32-31(36)26(6)33(20-27-13-9-8-12-24(27)4)30(35)21-34(28-14-10-11-23(3)19-28)39(37,38)29-17-15-22(2)16-18-29/h8-19,25-26H,7,20-21H2,1-6H3,(H,32,36)/t25-,26+/m1/s1. The summed E-state index contributed by atoms with van der Waals surface area (Å²) in [7, 11) is -4.08. The van der Waals surface area contributed by atoms with Gasteiger partial charge in [0.05, 0.1) is 10.6 Å². The molecule has 7 nitrogen and oxygen atoms in total. The predicted molar refractivity (Wildman–Crippen MR) is 156 cm³/mol. The highest BCUT2D eigenvalue weighted by atomic mass is 32.2. The fourth-order valence-electron chi connectivity index (χ4n) is 4.17. The number of aryl methyl sites for hydroxylation is 3. The number of nitrogens with zero attached hydrogens (tertiary/aromatic N) is 2. The van der Waals surface area contributed by atoms with E-state index in [9.17, 15) is 18.0 Å². The molecule has 0 saturated carbocycles. The van der Waals surface area contributed by atoms with E-state index in [-0.39, 0.29) is 23.4 Å². The largest absolute Gasteiger partial charge is 0.352 e. The van der Waals surface area contributed by atoms with Crippen molar-refractivity contribution >= 4 is 27.5 Å². The van der Waals surface area contributed by atoms with Crippen LogP contribution in [0.25, 0.3) is 0 Å². The number of nitrogens with one attached hydrogen (secondary N) is 1. The van der Waals surface area contributed by atoms with Gasteiger partial charge in [-0.15, -0.1) is 0 Å². The van der Waals surface area contributed by atoms with Crippen LogP contribution in [0, 0.1) is 20.8 Å². The van der Waals surface area contributed by atoms with Crippen molar-refractivity contribution in [2.75, 3.05) is 10.8 Å². The quantitative estimate of drug-likeness (QED) is 0.359. The summed E-state index contributed by atoms with van der Waals surface area (Å²) in [6.45, 7) is 11.0. The minimum atomic E-state index is -4.08. The van der Waals surface area contributed by atoms with E-state index in [4.69, 9.17) is 0 Å². The topological polar surface area (TPSA) is 86.8 Å². The molecule has 0 fully saturated rings. The Bertz CT molecular complexity index is 1400. The fraction of sp³-hybridized carbons (Fsp3) is 0.355. The van der Waals surface area contributed by atoms with E-state index in [0.29, 0.717) is 5.69 Å². The highest BCUT2D eigenvalue weighted by Crippen LogP contribution is 2.26. The highest BCUT2D eigenvalue weighted by molar-refractivity contribution is 7.92. The van der Waals surface area contributed by atoms with Gasteiger partial charge < -0.3 is 10.2 Å². The average Bonchev–Trinajstić information content (AvgIpc) is 2.90. The van der Waals surface area contributed by atoms with Crippen molar-refractivity contribution in [1.29, 1.82) is 0 Å². The third-order valence-electron chi connectivity index (χ3n) is 6.95. The highest BCUT2D eigenvalue weighted by Gasteiger charge is 2.33. The normalized spacial score (nSPS) is 12.9. The first-order chi connectivity index (χ1) is 18.4. The number of hydrogen-bond donors (Lipinski definition) is 1. The number of rotatable bonds is 11. The summed E-state index contributed by atoms with van der Waals surface area (Å²) >= 11 is 0. The Morgan fingerprint density at radius 1 is 0.872 bits per heavy atom. The number of amides is 2. The molecule has 208 valence electrons. The summed E-state index contributed by atoms with van der Waals surface area (Å²) < 4.78 is 28.9. The molecular weight excluding hydrogens is 510 g/mol. The van der Waals surface area contributed by atoms with Gasteiger partial charge in [0.1, 0.15) is 12.6 Å². The van der Waals surface area contributed by atoms with Gasteiger partial charge in [0.15, 0.2) is 0 Å². The van der Waals surface area contributed by atoms with E-state index in [1.54, 1.807) is 49.4 Å². The lowest BCUT2D eigenvalue weighted by molar-refractivity contribution is -0.139. The van der Waals surface area contributed by atoms with Crippen molar-refractivity contribution in [2.45, 2.75) is 71.5 Å². The molecule has 3 aromatic carbocycles. The lowest BCUT2D eigenvalue weighted by atomic mass is 10.1. The van der Waals surface area contributed by atoms with Crippen molar-refractivity contribution in [3.8, 4) is 0 Å². The minimum Gasteiger partial charge on any atom is -0.352 e. The van der Waals surface area contributed by atoms with Gasteiger partial charge in [-0.05, 0) is 82.0 Å². The maximum absolute atomic E-state index is 14.0. The number of sulfonamides is 1. The van der Waals surface area contributed by atoms with Crippen molar-refractivity contribution in [2.24, 2.45) is 0 Å². The number of carbonyl (C=O) groups excluding carboxylic acids is 2. The van der Waals surface area contributed by atoms with E-state index in [1.165, 1.54) is 4.90 Å². The lowest BCUT2D eigenvalue weighted by Crippen LogP contribution is -2.52. The van der Waals surface area contributed by atoms with Crippen molar-refractivity contribution in [3.05, 3.63) is 95.1 Å². The summed E-state index contributed by atoms with van der Waals surface area (Å²) in [6.07, 6.45) is 0.750. The molecule has 2 amide bonds. The van der Waals surface area contributed by atoms with Crippen molar-refractivity contribution < 1.29 is 18.0 Å². The fourth-order valence-corrected chi connectivity index (χ4v) is 5.57. The predicted octanol–water partition coefficient (Wildman–Crippen LogP) is 5.14. The summed E-state index contributed by atoms with van der Waals surface area (Å²) in [5.74, 6) is -0.753. The van der Waals surface area contributed by atoms with Crippen LogP contribution in [0.1, 0.15) is 49.4 Å². The number of anilines is 1. The second-order valence-electron chi connectivity index (χ2n) is 10.1. The van der Waals surface area contributed by atoms with Gasteiger partial charge >= 0.3 is 0 Å². The van der Waals surface area contributed by atoms with Gasteiger partial charge in [-0.1, -0.05) is 61.0 Å². The zero-order valence-corrected chi connectivity index (χ0v) is 24.5. The van der Waals surface area contributed by atoms with Crippen LogP contribution in [-0.2, 0) is 26.2 Å². The maximum Gasteiger partial charge on any atom is 0.264 e. The van der Waals surface area contributed by atoms with Crippen LogP contribution in [-0.4, -0.2) is 43.8 Å². The molecule has 0 bridgehead atoms. The Morgan fingerprint density at radius 2 is 1.54 bits per heavy atom. The number of benzene rings is 3. The zero-order valence-electron chi connectivity index (χ0n) is 23.6. The molecule has 0 aliphatic carbocycles. The Kier molecular flexibility index (Phi) is 9.92. The molecule has 0 aliphatic rings. The van der Waals surface area contributed by atoms with Crippen molar-refractivity contribution in [3.63, 3.8) is 0 Å². The van der Waals surface area contributed by atoms with Crippen LogP contribution in [0.3, 0.4) is 0 Å². The maximum atomic E-state index is 14.0. The molecular formula is C31H39N3O4S. The first kappa shape index (κ1) is 29.9. The van der Waals surface area contributed by atoms with Gasteiger partial charge in [-0.25, -0.2) is 8.42 Å². The molecule has 39 heavy (non-hydrogen) atoms. The summed E-state index contributed by atoms with van der Waals surface area (Å²) in [4.78, 5) is 28.7. The third-order valence-corrected chi connectivity index (χ3v) is 8.74. The molecule has 3 rings (SSSR count). The average molecular weight is 550 g/mol. The second-order valence-corrected chi connectivity index (χ2v) is 12.0. The molecule has 0 radical (unpaired) electrons. The summed E-state index contributed by atoms with van der Waals surface area (Å²) in [5, 5.41) is 2.95. The number of carbonyl (C=O) groups is 2. The first-order valence-electron chi connectivity index (χ1n) is 13.2. The van der Waals surface area contributed by atoms with E-state index in [2.05, 4.69) is 5.32 Å². The van der Waals surface area contributed by atoms with Gasteiger partial charge in [0.2, 0.25) is 11.8 Å². The first-order valence-corrected chi connectivity index (χ1v) is 14.7. The smallest absolute Gasteiger partial charge is 0.264 e. The van der Waals surface area contributed by atoms with E-state index in [1.807, 2.05) is 65.0 Å². The number of hydrogen-bond acceptors (Lipinski definition) is 4. The summed E-state index contributed by atoms with van der Waals surface area (Å²) in [5.41, 5.74) is 4.04. The molecule has 8 heteroatoms. The Labute approximate surface area is 232 Å². The molecule has 1 N–H and O–H groups in total. The Balaban J connectivity index is 2.04. The van der Waals surface area contributed by atoms with Crippen LogP contribution < -0.4 is 9.62 Å². The van der Waals surface area contributed by atoms with Gasteiger partial charge in [0, 0.05) is 12.6 Å². The molecule has 2 atom stereocenters. The van der Waals surface area contributed by atoms with Crippen LogP contribution in [0.5, 0.6) is 0 Å². The molecule has 0 aliphatic heterocycles. The van der Waals surface area contributed by atoms with Crippen LogP contribution >= 0.6 is 0 Å². The van der Waals surface area contributed by atoms with E-state index >= 15 is 0 Å². The van der Waals surface area contributed by atoms with Gasteiger partial charge in [-0.2, -0.15) is 0 Å².